The van der Waals surface area contributed by atoms with Crippen molar-refractivity contribution in [2.45, 2.75) is 6.54 Å². The monoisotopic (exact) mass is 127 g/mol. The largest absolute Gasteiger partial charge is 0.159 e. The van der Waals surface area contributed by atoms with Crippen molar-refractivity contribution in [3.05, 3.63) is 24.0 Å². The maximum Gasteiger partial charge on any atom is 0.0542 e. The van der Waals surface area contributed by atoms with E-state index in [2.05, 4.69) is 10.2 Å². The Labute approximate surface area is 51.9 Å². The summed E-state index contributed by atoms with van der Waals surface area (Å²) >= 11 is 0. The first-order valence-corrected chi connectivity index (χ1v) is 2.52. The third kappa shape index (κ3) is 1.73. The van der Waals surface area contributed by atoms with Gasteiger partial charge >= 0.3 is 0 Å². The molecule has 0 aromatic carbocycles. The summed E-state index contributed by atoms with van der Waals surface area (Å²) in [6.07, 6.45) is 3.03. The summed E-state index contributed by atoms with van der Waals surface area (Å²) in [5.41, 5.74) is 2.30. The molecule has 0 bridgehead atoms. The molecule has 0 aliphatic rings. The van der Waals surface area contributed by atoms with Gasteiger partial charge in [-0.1, -0.05) is 0 Å². The zero-order valence-electron chi connectivity index (χ0n) is 4.71. The zero-order valence-corrected chi connectivity index (χ0v) is 4.71. The quantitative estimate of drug-likeness (QED) is 0.586. The molecule has 1 aromatic rings. The fourth-order valence-electron chi connectivity index (χ4n) is 0.500. The van der Waals surface area contributed by atoms with E-state index in [-0.39, 0.29) is 6.54 Å². The molecular formula is C5H6FN3. The van der Waals surface area contributed by atoms with Gasteiger partial charge in [0, 0.05) is 6.20 Å². The Morgan fingerprint density at radius 1 is 1.56 bits per heavy atom. The maximum absolute atomic E-state index is 11.4. The lowest BCUT2D eigenvalue weighted by atomic mass is 10.3. The van der Waals surface area contributed by atoms with Crippen LogP contribution >= 0.6 is 0 Å². The Kier molecular flexibility index (Phi) is 2.09. The van der Waals surface area contributed by atoms with Crippen LogP contribution in [0.1, 0.15) is 5.56 Å². The summed E-state index contributed by atoms with van der Waals surface area (Å²) in [5, 5.41) is 7.07. The van der Waals surface area contributed by atoms with Gasteiger partial charge in [-0.05, 0) is 11.6 Å². The van der Waals surface area contributed by atoms with Gasteiger partial charge in [-0.2, -0.15) is 15.7 Å². The minimum absolute atomic E-state index is 0.190. The summed E-state index contributed by atoms with van der Waals surface area (Å²) in [6, 6.07) is 1.69. The van der Waals surface area contributed by atoms with E-state index in [1.54, 1.807) is 6.07 Å². The van der Waals surface area contributed by atoms with E-state index < -0.39 is 0 Å². The molecule has 9 heavy (non-hydrogen) atoms. The van der Waals surface area contributed by atoms with Gasteiger partial charge in [-0.25, -0.2) is 0 Å². The topological polar surface area (TPSA) is 37.8 Å². The summed E-state index contributed by atoms with van der Waals surface area (Å²) in [7, 11) is 0. The van der Waals surface area contributed by atoms with E-state index in [1.807, 2.05) is 0 Å². The van der Waals surface area contributed by atoms with Crippen LogP contribution in [0.3, 0.4) is 0 Å². The van der Waals surface area contributed by atoms with Gasteiger partial charge in [0.05, 0.1) is 12.7 Å². The average Bonchev–Trinajstić information content (AvgIpc) is 1.91. The second-order valence-electron chi connectivity index (χ2n) is 1.56. The molecular weight excluding hydrogens is 121 g/mol. The molecule has 1 aromatic heterocycles. The van der Waals surface area contributed by atoms with Crippen LogP contribution in [-0.2, 0) is 6.54 Å². The zero-order chi connectivity index (χ0) is 6.53. The van der Waals surface area contributed by atoms with Gasteiger partial charge in [-0.3, -0.25) is 0 Å². The average molecular weight is 127 g/mol. The number of nitrogens with zero attached hydrogens (tertiary/aromatic N) is 2. The number of hydrogen-bond donors (Lipinski definition) is 1. The molecule has 0 spiro atoms. The first-order chi connectivity index (χ1) is 4.43. The number of halogens is 1. The molecule has 4 heteroatoms. The molecule has 3 nitrogen and oxygen atoms in total. The molecule has 48 valence electrons. The van der Waals surface area contributed by atoms with Crippen LogP contribution < -0.4 is 5.54 Å². The highest BCUT2D eigenvalue weighted by molar-refractivity contribution is 5.03. The molecule has 1 heterocycles. The number of nitrogens with one attached hydrogen (secondary N) is 1. The first-order valence-electron chi connectivity index (χ1n) is 2.52. The third-order valence-corrected chi connectivity index (χ3v) is 0.916. The van der Waals surface area contributed by atoms with Crippen LogP contribution in [-0.4, -0.2) is 10.2 Å². The first kappa shape index (κ1) is 6.10. The van der Waals surface area contributed by atoms with Crippen LogP contribution in [0, 0.1) is 0 Å². The Bertz CT molecular complexity index is 165. The predicted octanol–water partition coefficient (Wildman–Crippen LogP) is 0.451. The van der Waals surface area contributed by atoms with Gasteiger partial charge in [0.2, 0.25) is 0 Å². The third-order valence-electron chi connectivity index (χ3n) is 0.916. The molecule has 0 unspecified atom stereocenters. The molecule has 0 radical (unpaired) electrons. The Balaban J connectivity index is 2.61. The minimum atomic E-state index is 0.190. The van der Waals surface area contributed by atoms with Gasteiger partial charge in [0.15, 0.2) is 0 Å². The minimum Gasteiger partial charge on any atom is -0.159 e. The van der Waals surface area contributed by atoms with Crippen molar-refractivity contribution in [3.8, 4) is 0 Å². The van der Waals surface area contributed by atoms with E-state index >= 15 is 0 Å². The summed E-state index contributed by atoms with van der Waals surface area (Å²) in [5.74, 6) is 0. The lowest BCUT2D eigenvalue weighted by molar-refractivity contribution is 0.329. The summed E-state index contributed by atoms with van der Waals surface area (Å²) in [6.45, 7) is 0.190. The second kappa shape index (κ2) is 3.09. The number of hydrogen-bond acceptors (Lipinski definition) is 3. The summed E-state index contributed by atoms with van der Waals surface area (Å²) < 4.78 is 11.4. The lowest BCUT2D eigenvalue weighted by Crippen LogP contribution is -1.99. The van der Waals surface area contributed by atoms with Crippen LogP contribution in [0.2, 0.25) is 0 Å². The predicted molar refractivity (Wildman–Crippen MR) is 30.0 cm³/mol. The molecule has 0 atom stereocenters. The van der Waals surface area contributed by atoms with E-state index in [4.69, 9.17) is 0 Å². The van der Waals surface area contributed by atoms with E-state index in [0.717, 1.165) is 5.56 Å². The van der Waals surface area contributed by atoms with E-state index in [0.29, 0.717) is 0 Å². The maximum atomic E-state index is 11.4. The molecule has 0 amide bonds. The SMILES string of the molecule is FNCc1ccnnc1. The molecule has 0 aliphatic carbocycles. The van der Waals surface area contributed by atoms with Gasteiger partial charge < -0.3 is 0 Å². The highest BCUT2D eigenvalue weighted by Crippen LogP contribution is 1.91. The Hall–Kier alpha value is -1.03. The van der Waals surface area contributed by atoms with E-state index in [1.165, 1.54) is 17.9 Å². The highest BCUT2D eigenvalue weighted by atomic mass is 19.2. The van der Waals surface area contributed by atoms with Crippen molar-refractivity contribution in [1.82, 2.24) is 15.7 Å². The Morgan fingerprint density at radius 2 is 2.44 bits per heavy atom. The van der Waals surface area contributed by atoms with Crippen molar-refractivity contribution in [1.29, 1.82) is 0 Å². The number of aromatic nitrogens is 2. The lowest BCUT2D eigenvalue weighted by Gasteiger charge is -1.91. The molecule has 0 saturated heterocycles. The molecule has 1 N–H and O–H groups in total. The van der Waals surface area contributed by atoms with Crippen molar-refractivity contribution < 1.29 is 4.48 Å². The van der Waals surface area contributed by atoms with Crippen LogP contribution in [0.4, 0.5) is 4.48 Å². The Morgan fingerprint density at radius 3 is 3.00 bits per heavy atom. The van der Waals surface area contributed by atoms with E-state index in [9.17, 15) is 4.48 Å². The second-order valence-corrected chi connectivity index (χ2v) is 1.56. The fourth-order valence-corrected chi connectivity index (χ4v) is 0.500. The van der Waals surface area contributed by atoms with Crippen molar-refractivity contribution in [2.24, 2.45) is 0 Å². The highest BCUT2D eigenvalue weighted by Gasteiger charge is 1.87. The van der Waals surface area contributed by atoms with Gasteiger partial charge in [0.25, 0.3) is 0 Å². The van der Waals surface area contributed by atoms with Crippen molar-refractivity contribution in [2.75, 3.05) is 0 Å². The molecule has 1 rings (SSSR count). The molecule has 0 saturated carbocycles. The molecule has 0 fully saturated rings. The van der Waals surface area contributed by atoms with Crippen LogP contribution in [0.5, 0.6) is 0 Å². The smallest absolute Gasteiger partial charge is 0.0542 e. The standard InChI is InChI=1S/C5H6FN3/c6-7-3-5-1-2-8-9-4-5/h1-2,4,7H,3H2. The summed E-state index contributed by atoms with van der Waals surface area (Å²) in [4.78, 5) is 0. The van der Waals surface area contributed by atoms with Crippen molar-refractivity contribution >= 4 is 0 Å². The van der Waals surface area contributed by atoms with Crippen LogP contribution in [0.25, 0.3) is 0 Å². The van der Waals surface area contributed by atoms with Gasteiger partial charge in [-0.15, -0.1) is 4.48 Å². The fraction of sp³-hybridized carbons (Fsp3) is 0.200. The van der Waals surface area contributed by atoms with Gasteiger partial charge in [0.1, 0.15) is 0 Å². The van der Waals surface area contributed by atoms with Crippen molar-refractivity contribution in [3.63, 3.8) is 0 Å². The van der Waals surface area contributed by atoms with Crippen LogP contribution in [0.15, 0.2) is 18.5 Å². The molecule has 0 aliphatic heterocycles. The normalized spacial score (nSPS) is 9.44. The number of rotatable bonds is 2.